The fourth-order valence-electron chi connectivity index (χ4n) is 2.42. The van der Waals surface area contributed by atoms with Gasteiger partial charge in [-0.15, -0.1) is 0 Å². The van der Waals surface area contributed by atoms with E-state index in [2.05, 4.69) is 41.4 Å². The van der Waals surface area contributed by atoms with Crippen LogP contribution in [-0.2, 0) is 6.42 Å². The molecule has 1 aromatic heterocycles. The van der Waals surface area contributed by atoms with Gasteiger partial charge in [-0.1, -0.05) is 26.7 Å². The monoisotopic (exact) mass is 276 g/mol. The Kier molecular flexibility index (Phi) is 5.62. The molecule has 0 aromatic carbocycles. The lowest BCUT2D eigenvalue weighted by Crippen LogP contribution is -2.18. The molecule has 0 radical (unpaired) electrons. The van der Waals surface area contributed by atoms with E-state index in [-0.39, 0.29) is 0 Å². The van der Waals surface area contributed by atoms with Gasteiger partial charge in [0, 0.05) is 25.1 Å². The Labute approximate surface area is 122 Å². The fraction of sp³-hybridized carbons (Fsp3) is 0.750. The Morgan fingerprint density at radius 2 is 1.95 bits per heavy atom. The second-order valence-corrected chi connectivity index (χ2v) is 5.96. The molecule has 1 atom stereocenters. The van der Waals surface area contributed by atoms with Gasteiger partial charge in [0.2, 0.25) is 0 Å². The average molecular weight is 276 g/mol. The van der Waals surface area contributed by atoms with E-state index in [1.165, 1.54) is 19.3 Å². The summed E-state index contributed by atoms with van der Waals surface area (Å²) in [5, 5.41) is 6.91. The van der Waals surface area contributed by atoms with E-state index in [1.54, 1.807) is 0 Å². The van der Waals surface area contributed by atoms with Gasteiger partial charge in [0.05, 0.1) is 0 Å². The van der Waals surface area contributed by atoms with Crippen molar-refractivity contribution in [3.8, 4) is 0 Å². The van der Waals surface area contributed by atoms with E-state index in [0.717, 1.165) is 49.2 Å². The Morgan fingerprint density at radius 3 is 2.60 bits per heavy atom. The topological polar surface area (TPSA) is 49.8 Å². The molecule has 0 amide bonds. The third-order valence-corrected chi connectivity index (χ3v) is 3.58. The van der Waals surface area contributed by atoms with E-state index < -0.39 is 0 Å². The largest absolute Gasteiger partial charge is 0.370 e. The fourth-order valence-corrected chi connectivity index (χ4v) is 2.42. The molecule has 2 rings (SSSR count). The molecule has 1 saturated carbocycles. The average Bonchev–Trinajstić information content (AvgIpc) is 3.20. The molecule has 0 aliphatic heterocycles. The van der Waals surface area contributed by atoms with E-state index in [4.69, 9.17) is 0 Å². The van der Waals surface area contributed by atoms with Gasteiger partial charge in [0.1, 0.15) is 17.5 Å². The summed E-state index contributed by atoms with van der Waals surface area (Å²) in [6, 6.07) is 2.53. The van der Waals surface area contributed by atoms with Crippen molar-refractivity contribution in [1.82, 2.24) is 9.97 Å². The van der Waals surface area contributed by atoms with Crippen LogP contribution in [0.2, 0.25) is 0 Å². The molecule has 4 nitrogen and oxygen atoms in total. The van der Waals surface area contributed by atoms with Crippen LogP contribution in [-0.4, -0.2) is 22.6 Å². The molecule has 4 heteroatoms. The molecule has 0 bridgehead atoms. The number of nitrogens with one attached hydrogen (secondary N) is 2. The molecular formula is C16H28N4. The lowest BCUT2D eigenvalue weighted by molar-refractivity contribution is 0.639. The van der Waals surface area contributed by atoms with Crippen LogP contribution in [0.15, 0.2) is 6.07 Å². The zero-order valence-electron chi connectivity index (χ0n) is 13.1. The summed E-state index contributed by atoms with van der Waals surface area (Å²) < 4.78 is 0. The highest BCUT2D eigenvalue weighted by Crippen LogP contribution is 2.34. The minimum atomic E-state index is 0.492. The van der Waals surface area contributed by atoms with Crippen LogP contribution in [0.25, 0.3) is 0 Å². The number of aryl methyl sites for hydroxylation is 1. The van der Waals surface area contributed by atoms with Crippen molar-refractivity contribution in [2.24, 2.45) is 5.92 Å². The summed E-state index contributed by atoms with van der Waals surface area (Å²) in [4.78, 5) is 9.22. The van der Waals surface area contributed by atoms with Gasteiger partial charge in [-0.05, 0) is 32.1 Å². The molecule has 0 saturated heterocycles. The van der Waals surface area contributed by atoms with E-state index in [9.17, 15) is 0 Å². The summed E-state index contributed by atoms with van der Waals surface area (Å²) in [5.74, 6) is 3.79. The van der Waals surface area contributed by atoms with Crippen molar-refractivity contribution >= 4 is 11.6 Å². The lowest BCUT2D eigenvalue weighted by Gasteiger charge is -2.16. The summed E-state index contributed by atoms with van der Waals surface area (Å²) in [6.45, 7) is 7.54. The first-order valence-corrected chi connectivity index (χ1v) is 8.09. The van der Waals surface area contributed by atoms with Crippen LogP contribution in [0.3, 0.4) is 0 Å². The van der Waals surface area contributed by atoms with E-state index in [0.29, 0.717) is 6.04 Å². The van der Waals surface area contributed by atoms with Crippen LogP contribution in [0.5, 0.6) is 0 Å². The van der Waals surface area contributed by atoms with Crippen LogP contribution < -0.4 is 10.6 Å². The Hall–Kier alpha value is -1.32. The molecule has 1 fully saturated rings. The molecule has 1 aromatic rings. The number of rotatable bonds is 9. The van der Waals surface area contributed by atoms with Crippen molar-refractivity contribution < 1.29 is 0 Å². The highest BCUT2D eigenvalue weighted by molar-refractivity contribution is 5.48. The Bertz CT molecular complexity index is 415. The first-order chi connectivity index (χ1) is 9.71. The summed E-state index contributed by atoms with van der Waals surface area (Å²) in [5.41, 5.74) is 0. The van der Waals surface area contributed by atoms with Crippen molar-refractivity contribution in [2.45, 2.75) is 65.3 Å². The molecule has 112 valence electrons. The predicted octanol–water partition coefficient (Wildman–Crippen LogP) is 3.85. The van der Waals surface area contributed by atoms with Crippen LogP contribution in [0.1, 0.15) is 58.7 Å². The number of hydrogen-bond acceptors (Lipinski definition) is 4. The maximum Gasteiger partial charge on any atom is 0.133 e. The van der Waals surface area contributed by atoms with Crippen LogP contribution >= 0.6 is 0 Å². The van der Waals surface area contributed by atoms with Gasteiger partial charge in [-0.3, -0.25) is 0 Å². The summed E-state index contributed by atoms with van der Waals surface area (Å²) in [7, 11) is 0. The van der Waals surface area contributed by atoms with E-state index in [1.807, 2.05) is 6.07 Å². The standard InChI is InChI=1S/C16H28N4/c1-4-6-14-19-15(17-9-5-2)11-16(20-14)18-12(3)10-13-7-8-13/h11-13H,4-10H2,1-3H3,(H2,17,18,19,20). The zero-order chi connectivity index (χ0) is 14.4. The van der Waals surface area contributed by atoms with E-state index >= 15 is 0 Å². The predicted molar refractivity (Wildman–Crippen MR) is 85.2 cm³/mol. The Balaban J connectivity index is 2.01. The number of aromatic nitrogens is 2. The molecule has 2 N–H and O–H groups in total. The number of hydrogen-bond donors (Lipinski definition) is 2. The molecule has 20 heavy (non-hydrogen) atoms. The first-order valence-electron chi connectivity index (χ1n) is 8.09. The molecular weight excluding hydrogens is 248 g/mol. The van der Waals surface area contributed by atoms with Crippen molar-refractivity contribution in [3.63, 3.8) is 0 Å². The van der Waals surface area contributed by atoms with Crippen LogP contribution in [0, 0.1) is 5.92 Å². The molecule has 1 aliphatic carbocycles. The zero-order valence-corrected chi connectivity index (χ0v) is 13.1. The highest BCUT2D eigenvalue weighted by Gasteiger charge is 2.23. The normalized spacial score (nSPS) is 15.9. The smallest absolute Gasteiger partial charge is 0.133 e. The van der Waals surface area contributed by atoms with Crippen molar-refractivity contribution in [2.75, 3.05) is 17.2 Å². The SMILES string of the molecule is CCCNc1cc(NC(C)CC2CC2)nc(CCC)n1. The number of anilines is 2. The maximum absolute atomic E-state index is 4.64. The molecule has 1 aliphatic rings. The quantitative estimate of drug-likeness (QED) is 0.719. The Morgan fingerprint density at radius 1 is 1.20 bits per heavy atom. The number of nitrogens with zero attached hydrogens (tertiary/aromatic N) is 2. The van der Waals surface area contributed by atoms with Gasteiger partial charge in [0.15, 0.2) is 0 Å². The lowest BCUT2D eigenvalue weighted by atomic mass is 10.1. The third kappa shape index (κ3) is 4.99. The minimum Gasteiger partial charge on any atom is -0.370 e. The van der Waals surface area contributed by atoms with Crippen LogP contribution in [0.4, 0.5) is 11.6 Å². The van der Waals surface area contributed by atoms with Crippen molar-refractivity contribution in [1.29, 1.82) is 0 Å². The first kappa shape index (κ1) is 15.1. The second-order valence-electron chi connectivity index (χ2n) is 5.96. The molecule has 1 heterocycles. The third-order valence-electron chi connectivity index (χ3n) is 3.58. The van der Waals surface area contributed by atoms with Crippen molar-refractivity contribution in [3.05, 3.63) is 11.9 Å². The summed E-state index contributed by atoms with van der Waals surface area (Å²) >= 11 is 0. The summed E-state index contributed by atoms with van der Waals surface area (Å²) in [6.07, 6.45) is 7.18. The molecule has 0 spiro atoms. The molecule has 1 unspecified atom stereocenters. The highest BCUT2D eigenvalue weighted by atomic mass is 15.1. The second kappa shape index (κ2) is 7.46. The van der Waals surface area contributed by atoms with Gasteiger partial charge in [-0.25, -0.2) is 9.97 Å². The van der Waals surface area contributed by atoms with Gasteiger partial charge in [0.25, 0.3) is 0 Å². The maximum atomic E-state index is 4.64. The van der Waals surface area contributed by atoms with Gasteiger partial charge < -0.3 is 10.6 Å². The van der Waals surface area contributed by atoms with Gasteiger partial charge in [-0.2, -0.15) is 0 Å². The minimum absolute atomic E-state index is 0.492. The van der Waals surface area contributed by atoms with Gasteiger partial charge >= 0.3 is 0 Å².